The van der Waals surface area contributed by atoms with Gasteiger partial charge in [0.2, 0.25) is 11.3 Å². The first-order chi connectivity index (χ1) is 13.0. The number of nitrogens with zero attached hydrogens (tertiary/aromatic N) is 1. The van der Waals surface area contributed by atoms with Crippen LogP contribution in [-0.4, -0.2) is 52.6 Å². The average molecular weight is 367 g/mol. The first-order valence-electron chi connectivity index (χ1n) is 10.3. The van der Waals surface area contributed by atoms with E-state index in [-0.39, 0.29) is 16.9 Å². The van der Waals surface area contributed by atoms with Gasteiger partial charge in [-0.25, -0.2) is 4.79 Å². The Balaban J connectivity index is 1.76. The molecule has 1 spiro atoms. The number of quaternary nitrogens is 1. The Hall–Kier alpha value is -1.85. The van der Waals surface area contributed by atoms with Crippen LogP contribution in [0.15, 0.2) is 36.4 Å². The molecule has 5 bridgehead atoms. The first-order valence-corrected chi connectivity index (χ1v) is 10.3. The number of benzene rings is 1. The third kappa shape index (κ3) is 1.21. The van der Waals surface area contributed by atoms with Crippen molar-refractivity contribution in [3.8, 4) is 0 Å². The smallest absolute Gasteiger partial charge is 0.371 e. The molecule has 3 fully saturated rings. The van der Waals surface area contributed by atoms with Crippen LogP contribution in [0, 0.1) is 5.41 Å². The largest absolute Gasteiger partial charge is 0.476 e. The number of anilines is 1. The van der Waals surface area contributed by atoms with E-state index in [0.29, 0.717) is 17.5 Å². The summed E-state index contributed by atoms with van der Waals surface area (Å²) in [6.07, 6.45) is 7.25. The van der Waals surface area contributed by atoms with Crippen LogP contribution in [0.5, 0.6) is 0 Å². The molecular formula is C22H27N2O3+. The molecule has 0 saturated carbocycles. The minimum atomic E-state index is -0.954. The number of carboxylic acid groups (broad SMARTS) is 1. The number of aliphatic carboxylic acids is 1. The van der Waals surface area contributed by atoms with Gasteiger partial charge in [0.15, 0.2) is 0 Å². The number of carboxylic acids is 1. The number of fused-ring (bicyclic) bond motifs is 2. The van der Waals surface area contributed by atoms with E-state index < -0.39 is 17.2 Å². The van der Waals surface area contributed by atoms with Gasteiger partial charge >= 0.3 is 5.97 Å². The van der Waals surface area contributed by atoms with Crippen molar-refractivity contribution < 1.29 is 19.1 Å². The Morgan fingerprint density at radius 1 is 1.37 bits per heavy atom. The molecule has 6 atom stereocenters. The maximum atomic E-state index is 13.2. The van der Waals surface area contributed by atoms with Crippen LogP contribution in [-0.2, 0) is 14.9 Å². The molecule has 27 heavy (non-hydrogen) atoms. The Morgan fingerprint density at radius 2 is 2.19 bits per heavy atom. The predicted octanol–water partition coefficient (Wildman–Crippen LogP) is 2.88. The highest BCUT2D eigenvalue weighted by Gasteiger charge is 2.99. The van der Waals surface area contributed by atoms with Crippen molar-refractivity contribution in [1.82, 2.24) is 0 Å². The fourth-order valence-corrected chi connectivity index (χ4v) is 8.55. The summed E-state index contributed by atoms with van der Waals surface area (Å²) in [6, 6.07) is 8.71. The minimum Gasteiger partial charge on any atom is -0.476 e. The van der Waals surface area contributed by atoms with Gasteiger partial charge in [-0.05, 0) is 31.1 Å². The zero-order valence-corrected chi connectivity index (χ0v) is 16.0. The third-order valence-electron chi connectivity index (χ3n) is 8.94. The Labute approximate surface area is 159 Å². The van der Waals surface area contributed by atoms with Gasteiger partial charge in [0.25, 0.3) is 0 Å². The van der Waals surface area contributed by atoms with Crippen molar-refractivity contribution in [1.29, 1.82) is 0 Å². The maximum absolute atomic E-state index is 13.2. The molecule has 5 aliphatic heterocycles. The fourth-order valence-electron chi connectivity index (χ4n) is 8.55. The van der Waals surface area contributed by atoms with Gasteiger partial charge < -0.3 is 15.2 Å². The molecule has 1 aromatic carbocycles. The molecule has 1 aromatic rings. The number of piperidine rings is 1. The lowest BCUT2D eigenvalue weighted by Gasteiger charge is -2.53. The van der Waals surface area contributed by atoms with E-state index in [0.717, 1.165) is 31.6 Å². The summed E-state index contributed by atoms with van der Waals surface area (Å²) in [5, 5.41) is 14.5. The van der Waals surface area contributed by atoms with Gasteiger partial charge in [-0.3, -0.25) is 4.48 Å². The van der Waals surface area contributed by atoms with E-state index in [4.69, 9.17) is 4.74 Å². The molecule has 0 amide bonds. The number of ether oxygens (including phenoxy) is 1. The zero-order valence-electron chi connectivity index (χ0n) is 16.0. The second-order valence-electron chi connectivity index (χ2n) is 9.18. The van der Waals surface area contributed by atoms with Crippen LogP contribution in [0.2, 0.25) is 0 Å². The summed E-state index contributed by atoms with van der Waals surface area (Å²) >= 11 is 0. The van der Waals surface area contributed by atoms with Crippen LogP contribution >= 0.6 is 0 Å². The van der Waals surface area contributed by atoms with Crippen LogP contribution in [0.25, 0.3) is 0 Å². The quantitative estimate of drug-likeness (QED) is 0.635. The Kier molecular flexibility index (Phi) is 2.64. The molecule has 5 heterocycles. The van der Waals surface area contributed by atoms with Gasteiger partial charge in [-0.15, -0.1) is 0 Å². The van der Waals surface area contributed by atoms with Crippen molar-refractivity contribution in [2.75, 3.05) is 25.0 Å². The molecule has 5 aliphatic rings. The molecule has 6 rings (SSSR count). The number of rotatable bonds is 4. The lowest BCUT2D eigenvalue weighted by Crippen LogP contribution is -2.77. The molecule has 5 heteroatoms. The van der Waals surface area contributed by atoms with Gasteiger partial charge in [0, 0.05) is 30.6 Å². The van der Waals surface area contributed by atoms with Gasteiger partial charge in [0.05, 0.1) is 13.1 Å². The highest BCUT2D eigenvalue weighted by Crippen LogP contribution is 2.81. The van der Waals surface area contributed by atoms with Gasteiger partial charge in [-0.2, -0.15) is 0 Å². The SMILES string of the molecule is CCO[C@@]12Nc3ccccc3[C@@]13CC[N+]14CC=C[C@@](CC)(C[C@@]21C(=O)O)[C@@H]34. The highest BCUT2D eigenvalue weighted by molar-refractivity contribution is 5.87. The van der Waals surface area contributed by atoms with Crippen LogP contribution in [0.1, 0.15) is 38.7 Å². The third-order valence-corrected chi connectivity index (χ3v) is 8.94. The van der Waals surface area contributed by atoms with Crippen molar-refractivity contribution in [2.24, 2.45) is 5.41 Å². The number of hydrogen-bond acceptors (Lipinski definition) is 3. The Bertz CT molecular complexity index is 915. The van der Waals surface area contributed by atoms with E-state index in [9.17, 15) is 9.90 Å². The first kappa shape index (κ1) is 16.1. The average Bonchev–Trinajstić information content (AvgIpc) is 3.26. The zero-order chi connectivity index (χ0) is 18.7. The van der Waals surface area contributed by atoms with E-state index in [1.165, 1.54) is 5.56 Å². The van der Waals surface area contributed by atoms with E-state index in [1.54, 1.807) is 0 Å². The Morgan fingerprint density at radius 3 is 2.93 bits per heavy atom. The predicted molar refractivity (Wildman–Crippen MR) is 101 cm³/mol. The normalized spacial score (nSPS) is 49.8. The van der Waals surface area contributed by atoms with Crippen molar-refractivity contribution in [3.05, 3.63) is 42.0 Å². The number of nitrogens with one attached hydrogen (secondary N) is 1. The molecular weight excluding hydrogens is 340 g/mol. The molecule has 5 nitrogen and oxygen atoms in total. The molecule has 3 saturated heterocycles. The van der Waals surface area contributed by atoms with E-state index >= 15 is 0 Å². The molecule has 2 N–H and O–H groups in total. The topological polar surface area (TPSA) is 58.6 Å². The summed E-state index contributed by atoms with van der Waals surface area (Å²) in [5.74, 6) is -0.693. The standard InChI is InChI=1S/C22H26N2O3/c1-3-19-10-7-12-24-13-11-20(17(19)24)15-8-5-6-9-16(15)23-22(20,27-4-2)21(24,14-19)18(25)26/h5-10,17,23H,3-4,11-14H2,1-2H3/p+1/t17-,19-,20+,21+,22-,24?/m0/s1. The highest BCUT2D eigenvalue weighted by atomic mass is 16.5. The molecule has 1 unspecified atom stereocenters. The number of hydrogen-bond donors (Lipinski definition) is 2. The van der Waals surface area contributed by atoms with Crippen molar-refractivity contribution in [2.45, 2.75) is 55.8 Å². The molecule has 0 aliphatic carbocycles. The summed E-state index contributed by atoms with van der Waals surface area (Å²) < 4.78 is 7.24. The van der Waals surface area contributed by atoms with Crippen molar-refractivity contribution in [3.63, 3.8) is 0 Å². The summed E-state index contributed by atoms with van der Waals surface area (Å²) in [4.78, 5) is 13.2. The van der Waals surface area contributed by atoms with E-state index in [2.05, 4.69) is 42.6 Å². The molecule has 0 radical (unpaired) electrons. The molecule has 142 valence electrons. The van der Waals surface area contributed by atoms with Crippen LogP contribution in [0.3, 0.4) is 0 Å². The molecule has 0 aromatic heterocycles. The fraction of sp³-hybridized carbons (Fsp3) is 0.591. The van der Waals surface area contributed by atoms with E-state index in [1.807, 2.05) is 13.0 Å². The van der Waals surface area contributed by atoms with Crippen LogP contribution in [0.4, 0.5) is 5.69 Å². The number of para-hydroxylation sites is 1. The minimum absolute atomic E-state index is 0.0626. The summed E-state index contributed by atoms with van der Waals surface area (Å²) in [6.45, 7) is 6.47. The lowest BCUT2D eigenvalue weighted by molar-refractivity contribution is -0.958. The lowest BCUT2D eigenvalue weighted by atomic mass is 9.51. The second kappa shape index (κ2) is 4.41. The monoisotopic (exact) mass is 367 g/mol. The maximum Gasteiger partial charge on any atom is 0.371 e. The number of carbonyl (C=O) groups is 1. The van der Waals surface area contributed by atoms with Gasteiger partial charge in [0.1, 0.15) is 11.5 Å². The van der Waals surface area contributed by atoms with Crippen LogP contribution < -0.4 is 5.32 Å². The summed E-state index contributed by atoms with van der Waals surface area (Å²) in [7, 11) is 0. The second-order valence-corrected chi connectivity index (χ2v) is 9.18. The van der Waals surface area contributed by atoms with Crippen molar-refractivity contribution >= 4 is 11.7 Å². The van der Waals surface area contributed by atoms with Gasteiger partial charge in [-0.1, -0.05) is 31.2 Å². The summed E-state index contributed by atoms with van der Waals surface area (Å²) in [5.41, 5.74) is 0.184.